The molecule has 100 valence electrons. The second-order valence-corrected chi connectivity index (χ2v) is 6.55. The molecule has 0 aliphatic rings. The number of aromatic carboxylic acids is 1. The molecule has 0 saturated carbocycles. The summed E-state index contributed by atoms with van der Waals surface area (Å²) < 4.78 is 22.9. The molecule has 0 fully saturated rings. The Morgan fingerprint density at radius 3 is 2.56 bits per heavy atom. The van der Waals surface area contributed by atoms with Crippen molar-refractivity contribution >= 4 is 39.4 Å². The van der Waals surface area contributed by atoms with E-state index in [0.717, 1.165) is 12.5 Å². The fraction of sp³-hybridized carbons (Fsp3) is 0.300. The van der Waals surface area contributed by atoms with Crippen molar-refractivity contribution in [3.05, 3.63) is 22.7 Å². The van der Waals surface area contributed by atoms with Gasteiger partial charge in [0.25, 0.3) is 0 Å². The number of thioether (sulfide) groups is 1. The van der Waals surface area contributed by atoms with Crippen LogP contribution in [-0.2, 0) is 10.0 Å². The van der Waals surface area contributed by atoms with E-state index in [1.165, 1.54) is 17.8 Å². The van der Waals surface area contributed by atoms with Gasteiger partial charge in [0.15, 0.2) is 0 Å². The summed E-state index contributed by atoms with van der Waals surface area (Å²) >= 11 is 7.07. The third-order valence-corrected chi connectivity index (χ3v) is 4.69. The van der Waals surface area contributed by atoms with Crippen LogP contribution < -0.4 is 5.14 Å². The van der Waals surface area contributed by atoms with Crippen LogP contribution in [0.3, 0.4) is 0 Å². The van der Waals surface area contributed by atoms with Gasteiger partial charge >= 0.3 is 5.97 Å². The van der Waals surface area contributed by atoms with Crippen molar-refractivity contribution in [2.75, 3.05) is 5.75 Å². The van der Waals surface area contributed by atoms with E-state index < -0.39 is 16.0 Å². The number of nitrogens with two attached hydrogens (primary N) is 1. The molecule has 0 unspecified atom stereocenters. The van der Waals surface area contributed by atoms with Crippen molar-refractivity contribution < 1.29 is 18.3 Å². The molecule has 0 aliphatic carbocycles. The Balaban J connectivity index is 3.42. The van der Waals surface area contributed by atoms with E-state index in [1.807, 2.05) is 6.92 Å². The molecule has 1 aromatic carbocycles. The fourth-order valence-corrected chi connectivity index (χ4v) is 3.53. The molecule has 0 radical (unpaired) electrons. The molecule has 0 aromatic heterocycles. The van der Waals surface area contributed by atoms with Crippen LogP contribution in [0.2, 0.25) is 5.02 Å². The van der Waals surface area contributed by atoms with Gasteiger partial charge in [-0.2, -0.15) is 0 Å². The number of carboxylic acids is 1. The van der Waals surface area contributed by atoms with E-state index in [9.17, 15) is 13.2 Å². The van der Waals surface area contributed by atoms with Gasteiger partial charge in [0.1, 0.15) is 0 Å². The predicted octanol–water partition coefficient (Wildman–Crippen LogP) is 2.19. The number of hydrogen-bond acceptors (Lipinski definition) is 4. The number of halogens is 1. The number of benzene rings is 1. The summed E-state index contributed by atoms with van der Waals surface area (Å²) in [6.45, 7) is 1.94. The molecule has 18 heavy (non-hydrogen) atoms. The second-order valence-electron chi connectivity index (χ2n) is 3.48. The molecular weight excluding hydrogens is 298 g/mol. The van der Waals surface area contributed by atoms with Crippen molar-refractivity contribution in [3.8, 4) is 0 Å². The molecule has 0 amide bonds. The summed E-state index contributed by atoms with van der Waals surface area (Å²) in [5.41, 5.74) is -0.276. The zero-order chi connectivity index (χ0) is 13.9. The largest absolute Gasteiger partial charge is 0.478 e. The van der Waals surface area contributed by atoms with Gasteiger partial charge in [-0.1, -0.05) is 18.5 Å². The average Bonchev–Trinajstić information content (AvgIpc) is 2.23. The smallest absolute Gasteiger partial charge is 0.337 e. The van der Waals surface area contributed by atoms with Crippen molar-refractivity contribution in [2.24, 2.45) is 5.14 Å². The first-order valence-electron chi connectivity index (χ1n) is 4.99. The number of primary sulfonamides is 1. The molecule has 0 spiro atoms. The first kappa shape index (κ1) is 15.3. The Morgan fingerprint density at radius 1 is 1.50 bits per heavy atom. The van der Waals surface area contributed by atoms with Crippen LogP contribution in [0.15, 0.2) is 21.9 Å². The van der Waals surface area contributed by atoms with Gasteiger partial charge < -0.3 is 5.11 Å². The zero-order valence-corrected chi connectivity index (χ0v) is 11.9. The van der Waals surface area contributed by atoms with Crippen LogP contribution in [0.4, 0.5) is 0 Å². The quantitative estimate of drug-likeness (QED) is 0.812. The highest BCUT2D eigenvalue weighted by Crippen LogP contribution is 2.31. The van der Waals surface area contributed by atoms with E-state index >= 15 is 0 Å². The maximum Gasteiger partial charge on any atom is 0.337 e. The van der Waals surface area contributed by atoms with Gasteiger partial charge in [0.2, 0.25) is 10.0 Å². The minimum Gasteiger partial charge on any atom is -0.478 e. The summed E-state index contributed by atoms with van der Waals surface area (Å²) in [6, 6.07) is 2.32. The van der Waals surface area contributed by atoms with Crippen LogP contribution in [0.1, 0.15) is 23.7 Å². The van der Waals surface area contributed by atoms with E-state index in [2.05, 4.69) is 0 Å². The third-order valence-electron chi connectivity index (χ3n) is 2.03. The van der Waals surface area contributed by atoms with E-state index in [1.54, 1.807) is 0 Å². The summed E-state index contributed by atoms with van der Waals surface area (Å²) in [5, 5.41) is 14.0. The van der Waals surface area contributed by atoms with Crippen LogP contribution in [0.5, 0.6) is 0 Å². The highest BCUT2D eigenvalue weighted by molar-refractivity contribution is 8.00. The first-order chi connectivity index (χ1) is 8.27. The average molecular weight is 310 g/mol. The Hall–Kier alpha value is -0.760. The monoisotopic (exact) mass is 309 g/mol. The van der Waals surface area contributed by atoms with Gasteiger partial charge in [-0.05, 0) is 24.3 Å². The fourth-order valence-electron chi connectivity index (χ4n) is 1.25. The third kappa shape index (κ3) is 3.61. The van der Waals surface area contributed by atoms with Crippen LogP contribution >= 0.6 is 23.4 Å². The minimum absolute atomic E-state index is 0.00602. The molecule has 0 saturated heterocycles. The van der Waals surface area contributed by atoms with E-state index in [4.69, 9.17) is 21.8 Å². The molecule has 0 aliphatic heterocycles. The molecule has 8 heteroatoms. The zero-order valence-electron chi connectivity index (χ0n) is 9.51. The lowest BCUT2D eigenvalue weighted by molar-refractivity contribution is 0.0696. The Bertz CT molecular complexity index is 571. The highest BCUT2D eigenvalue weighted by atomic mass is 35.5. The number of hydrogen-bond donors (Lipinski definition) is 2. The maximum atomic E-state index is 11.4. The molecule has 1 rings (SSSR count). The SMILES string of the molecule is CCCSc1cc(Cl)c(C(=O)O)cc1S(N)(=O)=O. The minimum atomic E-state index is -3.98. The molecule has 0 atom stereocenters. The Morgan fingerprint density at radius 2 is 2.11 bits per heavy atom. The number of sulfonamides is 1. The van der Waals surface area contributed by atoms with Gasteiger partial charge in [0.05, 0.1) is 15.5 Å². The summed E-state index contributed by atoms with van der Waals surface area (Å²) in [6.07, 6.45) is 0.840. The molecular formula is C10H12ClNO4S2. The second kappa shape index (κ2) is 5.92. The van der Waals surface area contributed by atoms with Crippen LogP contribution in [0.25, 0.3) is 0 Å². The summed E-state index contributed by atoms with van der Waals surface area (Å²) in [4.78, 5) is 11.1. The summed E-state index contributed by atoms with van der Waals surface area (Å²) in [5.74, 6) is -0.609. The summed E-state index contributed by atoms with van der Waals surface area (Å²) in [7, 11) is -3.98. The maximum absolute atomic E-state index is 11.4. The lowest BCUT2D eigenvalue weighted by Crippen LogP contribution is -2.14. The Labute approximate surface area is 114 Å². The predicted molar refractivity (Wildman–Crippen MR) is 70.8 cm³/mol. The van der Waals surface area contributed by atoms with E-state index in [0.29, 0.717) is 10.6 Å². The van der Waals surface area contributed by atoms with Gasteiger partial charge in [-0.25, -0.2) is 18.4 Å². The van der Waals surface area contributed by atoms with Crippen molar-refractivity contribution in [1.29, 1.82) is 0 Å². The normalized spacial score (nSPS) is 11.5. The number of carboxylic acid groups (broad SMARTS) is 1. The lowest BCUT2D eigenvalue weighted by atomic mass is 10.2. The number of carbonyl (C=O) groups is 1. The molecule has 5 nitrogen and oxygen atoms in total. The van der Waals surface area contributed by atoms with Crippen molar-refractivity contribution in [1.82, 2.24) is 0 Å². The topological polar surface area (TPSA) is 97.5 Å². The van der Waals surface area contributed by atoms with Crippen molar-refractivity contribution in [3.63, 3.8) is 0 Å². The lowest BCUT2D eigenvalue weighted by Gasteiger charge is -2.09. The van der Waals surface area contributed by atoms with Gasteiger partial charge in [0, 0.05) is 4.90 Å². The Kier molecular flexibility index (Phi) is 5.03. The van der Waals surface area contributed by atoms with Crippen LogP contribution in [0, 0.1) is 0 Å². The molecule has 3 N–H and O–H groups in total. The van der Waals surface area contributed by atoms with E-state index in [-0.39, 0.29) is 15.5 Å². The van der Waals surface area contributed by atoms with Gasteiger partial charge in [-0.3, -0.25) is 0 Å². The number of rotatable bonds is 5. The molecule has 0 heterocycles. The molecule has 0 bridgehead atoms. The molecule has 1 aromatic rings. The van der Waals surface area contributed by atoms with Crippen molar-refractivity contribution in [2.45, 2.75) is 23.1 Å². The van der Waals surface area contributed by atoms with Crippen LogP contribution in [-0.4, -0.2) is 25.2 Å². The highest BCUT2D eigenvalue weighted by Gasteiger charge is 2.20. The first-order valence-corrected chi connectivity index (χ1v) is 7.90. The standard InChI is InChI=1S/C10H12ClNO4S2/c1-2-3-17-8-5-7(11)6(10(13)14)4-9(8)18(12,15)16/h4-5H,2-3H2,1H3,(H,13,14)(H2,12,15,16). The van der Waals surface area contributed by atoms with Gasteiger partial charge in [-0.15, -0.1) is 11.8 Å².